The number of nitrogens with one attached hydrogen (secondary N) is 1. The molecule has 5 nitrogen and oxygen atoms in total. The molecule has 0 radical (unpaired) electrons. The van der Waals surface area contributed by atoms with E-state index in [0.717, 1.165) is 34.0 Å². The predicted octanol–water partition coefficient (Wildman–Crippen LogP) is 6.20. The highest BCUT2D eigenvalue weighted by atomic mass is 32.2. The number of piperidine rings is 1. The SMILES string of the molecule is CC(C)C(CCCCCCCCSc1cccc2c1CN(C1CCC(=O)NC1=O)C2=O)C(C)C. The third-order valence-corrected chi connectivity index (χ3v) is 8.63. The zero-order valence-corrected chi connectivity index (χ0v) is 22.2. The monoisotopic (exact) mass is 486 g/mol. The topological polar surface area (TPSA) is 66.5 Å². The minimum absolute atomic E-state index is 0.0934. The van der Waals surface area contributed by atoms with Crippen molar-refractivity contribution in [1.29, 1.82) is 0 Å². The molecule has 0 bridgehead atoms. The first-order valence-corrected chi connectivity index (χ1v) is 14.2. The van der Waals surface area contributed by atoms with E-state index in [2.05, 4.69) is 39.1 Å². The summed E-state index contributed by atoms with van der Waals surface area (Å²) in [7, 11) is 0. The number of nitrogens with zero attached hydrogens (tertiary/aromatic N) is 1. The maximum Gasteiger partial charge on any atom is 0.255 e. The molecule has 2 aliphatic rings. The van der Waals surface area contributed by atoms with E-state index >= 15 is 0 Å². The molecule has 6 heteroatoms. The molecular weight excluding hydrogens is 444 g/mol. The van der Waals surface area contributed by atoms with E-state index in [4.69, 9.17) is 0 Å². The van der Waals surface area contributed by atoms with Crippen LogP contribution in [0, 0.1) is 17.8 Å². The second kappa shape index (κ2) is 12.8. The predicted molar refractivity (Wildman–Crippen MR) is 139 cm³/mol. The maximum atomic E-state index is 12.9. The first kappa shape index (κ1) is 26.8. The third kappa shape index (κ3) is 6.87. The van der Waals surface area contributed by atoms with Crippen LogP contribution in [-0.4, -0.2) is 34.4 Å². The standard InChI is InChI=1S/C28H42N2O3S/c1-19(2)21(20(3)4)12-9-7-5-6-8-10-17-34-25-14-11-13-22-23(25)18-30(28(22)33)24-15-16-26(31)29-27(24)32/h11,13-14,19-21,24H,5-10,12,15-18H2,1-4H3,(H,29,31,32). The Balaban J connectivity index is 1.38. The number of carbonyl (C=O) groups is 3. The first-order chi connectivity index (χ1) is 16.3. The minimum atomic E-state index is -0.549. The van der Waals surface area contributed by atoms with Crippen LogP contribution in [0.4, 0.5) is 0 Å². The normalized spacial score (nSPS) is 18.4. The van der Waals surface area contributed by atoms with E-state index in [1.807, 2.05) is 23.9 Å². The lowest BCUT2D eigenvalue weighted by atomic mass is 9.81. The molecule has 3 amide bonds. The number of amides is 3. The summed E-state index contributed by atoms with van der Waals surface area (Å²) in [4.78, 5) is 39.5. The molecule has 1 N–H and O–H groups in total. The highest BCUT2D eigenvalue weighted by molar-refractivity contribution is 7.99. The van der Waals surface area contributed by atoms with Crippen molar-refractivity contribution in [2.75, 3.05) is 5.75 Å². The second-order valence-electron chi connectivity index (χ2n) is 10.6. The number of fused-ring (bicyclic) bond motifs is 1. The van der Waals surface area contributed by atoms with Crippen LogP contribution in [0.25, 0.3) is 0 Å². The lowest BCUT2D eigenvalue weighted by Gasteiger charge is -2.29. The zero-order chi connectivity index (χ0) is 24.7. The van der Waals surface area contributed by atoms with Crippen LogP contribution in [0.1, 0.15) is 101 Å². The van der Waals surface area contributed by atoms with Gasteiger partial charge in [0.1, 0.15) is 6.04 Å². The molecule has 2 aliphatic heterocycles. The fourth-order valence-corrected chi connectivity index (χ4v) is 6.59. The third-order valence-electron chi connectivity index (χ3n) is 7.44. The zero-order valence-electron chi connectivity index (χ0n) is 21.4. The molecule has 0 aliphatic carbocycles. The molecule has 1 unspecified atom stereocenters. The molecular formula is C28H42N2O3S. The lowest BCUT2D eigenvalue weighted by molar-refractivity contribution is -0.136. The summed E-state index contributed by atoms with van der Waals surface area (Å²) in [6.45, 7) is 9.87. The molecule has 34 heavy (non-hydrogen) atoms. The Hall–Kier alpha value is -1.82. The summed E-state index contributed by atoms with van der Waals surface area (Å²) in [5, 5.41) is 2.37. The Morgan fingerprint density at radius 2 is 1.65 bits per heavy atom. The van der Waals surface area contributed by atoms with E-state index in [9.17, 15) is 14.4 Å². The summed E-state index contributed by atoms with van der Waals surface area (Å²) < 4.78 is 0. The van der Waals surface area contributed by atoms with Crippen molar-refractivity contribution in [1.82, 2.24) is 10.2 Å². The van der Waals surface area contributed by atoms with Gasteiger partial charge in [0, 0.05) is 23.4 Å². The number of imide groups is 1. The van der Waals surface area contributed by atoms with E-state index < -0.39 is 6.04 Å². The number of hydrogen-bond donors (Lipinski definition) is 1. The van der Waals surface area contributed by atoms with Gasteiger partial charge in [-0.1, -0.05) is 65.9 Å². The van der Waals surface area contributed by atoms with Gasteiger partial charge in [-0.05, 0) is 60.5 Å². The Labute approximate surface area is 209 Å². The molecule has 0 spiro atoms. The molecule has 1 aromatic carbocycles. The molecule has 1 saturated heterocycles. The number of hydrogen-bond acceptors (Lipinski definition) is 4. The molecule has 0 aromatic heterocycles. The van der Waals surface area contributed by atoms with E-state index in [-0.39, 0.29) is 24.1 Å². The number of benzene rings is 1. The van der Waals surface area contributed by atoms with Crippen LogP contribution in [0.2, 0.25) is 0 Å². The second-order valence-corrected chi connectivity index (χ2v) is 11.7. The van der Waals surface area contributed by atoms with Crippen LogP contribution in [-0.2, 0) is 16.1 Å². The number of carbonyl (C=O) groups excluding carboxylic acids is 3. The van der Waals surface area contributed by atoms with Crippen molar-refractivity contribution < 1.29 is 14.4 Å². The Morgan fingerprint density at radius 3 is 2.32 bits per heavy atom. The highest BCUT2D eigenvalue weighted by Gasteiger charge is 2.39. The molecule has 1 atom stereocenters. The average molecular weight is 487 g/mol. The van der Waals surface area contributed by atoms with Gasteiger partial charge in [0.05, 0.1) is 0 Å². The van der Waals surface area contributed by atoms with Crippen LogP contribution in [0.15, 0.2) is 23.1 Å². The molecule has 2 heterocycles. The number of thioether (sulfide) groups is 1. The van der Waals surface area contributed by atoms with Gasteiger partial charge in [0.15, 0.2) is 0 Å². The summed E-state index contributed by atoms with van der Waals surface area (Å²) >= 11 is 1.82. The molecule has 1 aromatic rings. The van der Waals surface area contributed by atoms with Crippen molar-refractivity contribution in [2.24, 2.45) is 17.8 Å². The van der Waals surface area contributed by atoms with E-state index in [1.165, 1.54) is 44.9 Å². The first-order valence-electron chi connectivity index (χ1n) is 13.2. The Kier molecular flexibility index (Phi) is 10.0. The fraction of sp³-hybridized carbons (Fsp3) is 0.679. The summed E-state index contributed by atoms with van der Waals surface area (Å²) in [5.74, 6) is 2.76. The molecule has 3 rings (SSSR count). The number of unbranched alkanes of at least 4 members (excludes halogenated alkanes) is 5. The Bertz CT molecular complexity index is 859. The quantitative estimate of drug-likeness (QED) is 0.205. The largest absolute Gasteiger partial charge is 0.322 e. The van der Waals surface area contributed by atoms with Crippen molar-refractivity contribution in [3.05, 3.63) is 29.3 Å². The van der Waals surface area contributed by atoms with Crippen molar-refractivity contribution >= 4 is 29.5 Å². The van der Waals surface area contributed by atoms with Gasteiger partial charge < -0.3 is 4.90 Å². The maximum absolute atomic E-state index is 12.9. The molecule has 188 valence electrons. The minimum Gasteiger partial charge on any atom is -0.322 e. The van der Waals surface area contributed by atoms with Gasteiger partial charge >= 0.3 is 0 Å². The van der Waals surface area contributed by atoms with Gasteiger partial charge in [-0.25, -0.2) is 0 Å². The summed E-state index contributed by atoms with van der Waals surface area (Å²) in [5.41, 5.74) is 1.74. The smallest absolute Gasteiger partial charge is 0.255 e. The van der Waals surface area contributed by atoms with E-state index in [0.29, 0.717) is 18.5 Å². The molecule has 0 saturated carbocycles. The van der Waals surface area contributed by atoms with Gasteiger partial charge in [-0.15, -0.1) is 11.8 Å². The fourth-order valence-electron chi connectivity index (χ4n) is 5.50. The van der Waals surface area contributed by atoms with Crippen molar-refractivity contribution in [3.63, 3.8) is 0 Å². The lowest BCUT2D eigenvalue weighted by Crippen LogP contribution is -2.52. The Morgan fingerprint density at radius 1 is 0.971 bits per heavy atom. The van der Waals surface area contributed by atoms with Gasteiger partial charge in [0.2, 0.25) is 11.8 Å². The summed E-state index contributed by atoms with van der Waals surface area (Å²) in [6, 6.07) is 5.34. The van der Waals surface area contributed by atoms with Gasteiger partial charge in [-0.3, -0.25) is 19.7 Å². The van der Waals surface area contributed by atoms with Gasteiger partial charge in [0.25, 0.3) is 5.91 Å². The molecule has 1 fully saturated rings. The van der Waals surface area contributed by atoms with Gasteiger partial charge in [-0.2, -0.15) is 0 Å². The van der Waals surface area contributed by atoms with Crippen LogP contribution in [0.5, 0.6) is 0 Å². The van der Waals surface area contributed by atoms with Crippen LogP contribution >= 0.6 is 11.8 Å². The van der Waals surface area contributed by atoms with Crippen LogP contribution < -0.4 is 5.32 Å². The van der Waals surface area contributed by atoms with Crippen LogP contribution in [0.3, 0.4) is 0 Å². The highest BCUT2D eigenvalue weighted by Crippen LogP contribution is 2.35. The average Bonchev–Trinajstić information content (AvgIpc) is 3.11. The van der Waals surface area contributed by atoms with Crippen molar-refractivity contribution in [3.8, 4) is 0 Å². The van der Waals surface area contributed by atoms with Crippen molar-refractivity contribution in [2.45, 2.75) is 103 Å². The van der Waals surface area contributed by atoms with E-state index in [1.54, 1.807) is 4.90 Å². The number of rotatable bonds is 13. The summed E-state index contributed by atoms with van der Waals surface area (Å²) in [6.07, 6.45) is 9.79.